The molecule has 1 aromatic carbocycles. The van der Waals surface area contributed by atoms with Crippen molar-refractivity contribution < 1.29 is 8.42 Å². The minimum atomic E-state index is -3.00. The van der Waals surface area contributed by atoms with Crippen molar-refractivity contribution in [3.8, 4) is 0 Å². The lowest BCUT2D eigenvalue weighted by atomic mass is 10.2. The smallest absolute Gasteiger partial charge is 0.173 e. The number of nitrogen functional groups attached to an aromatic ring is 1. The quantitative estimate of drug-likeness (QED) is 0.735. The van der Waals surface area contributed by atoms with Crippen molar-refractivity contribution in [1.82, 2.24) is 0 Å². The maximum absolute atomic E-state index is 11.1. The Morgan fingerprint density at radius 2 is 2.20 bits per heavy atom. The highest BCUT2D eigenvalue weighted by molar-refractivity contribution is 7.94. The highest BCUT2D eigenvalue weighted by Gasteiger charge is 2.21. The summed E-state index contributed by atoms with van der Waals surface area (Å²) in [7, 11) is -3.00. The maximum atomic E-state index is 11.1. The first-order chi connectivity index (χ1) is 7.05. The van der Waals surface area contributed by atoms with Crippen molar-refractivity contribution in [1.29, 1.82) is 0 Å². The first kappa shape index (κ1) is 10.0. The summed E-state index contributed by atoms with van der Waals surface area (Å²) < 4.78 is 22.3. The fourth-order valence-electron chi connectivity index (χ4n) is 1.51. The van der Waals surface area contributed by atoms with Crippen LogP contribution in [-0.2, 0) is 9.84 Å². The molecule has 0 aromatic heterocycles. The Morgan fingerprint density at radius 3 is 2.80 bits per heavy atom. The summed E-state index contributed by atoms with van der Waals surface area (Å²) in [5.41, 5.74) is 7.10. The molecule has 0 radical (unpaired) electrons. The van der Waals surface area contributed by atoms with Crippen LogP contribution in [0.2, 0.25) is 0 Å². The van der Waals surface area contributed by atoms with Gasteiger partial charge in [-0.2, -0.15) is 0 Å². The molecule has 1 atom stereocenters. The summed E-state index contributed by atoms with van der Waals surface area (Å²) in [4.78, 5) is 0. The number of benzene rings is 1. The molecule has 0 spiro atoms. The lowest BCUT2D eigenvalue weighted by molar-refractivity contribution is 0.605. The molecule has 5 heteroatoms. The second kappa shape index (κ2) is 3.58. The summed E-state index contributed by atoms with van der Waals surface area (Å²) in [6, 6.07) is 7.09. The van der Waals surface area contributed by atoms with Gasteiger partial charge in [-0.25, -0.2) is 8.42 Å². The molecule has 1 aliphatic rings. The molecule has 0 bridgehead atoms. The lowest BCUT2D eigenvalue weighted by Crippen LogP contribution is -2.20. The molecular weight excluding hydrogens is 212 g/mol. The zero-order valence-corrected chi connectivity index (χ0v) is 8.87. The fourth-order valence-corrected chi connectivity index (χ4v) is 2.74. The number of hydrogen-bond acceptors (Lipinski definition) is 4. The second-order valence-electron chi connectivity index (χ2n) is 3.53. The van der Waals surface area contributed by atoms with Crippen LogP contribution in [0.25, 0.3) is 0 Å². The van der Waals surface area contributed by atoms with Crippen molar-refractivity contribution in [2.24, 2.45) is 0 Å². The molecule has 0 saturated carbocycles. The molecule has 1 aliphatic heterocycles. The van der Waals surface area contributed by atoms with E-state index in [1.807, 2.05) is 12.1 Å². The van der Waals surface area contributed by atoms with E-state index in [2.05, 4.69) is 5.32 Å². The standard InChI is InChI=1S/C10H12N2O2S/c11-8-2-1-3-9(6-8)12-10-4-5-15(13,14)7-10/h1-6,10,12H,7,11H2. The monoisotopic (exact) mass is 224 g/mol. The molecule has 0 saturated heterocycles. The number of sulfone groups is 1. The van der Waals surface area contributed by atoms with Gasteiger partial charge in [0.2, 0.25) is 0 Å². The predicted octanol–water partition coefficient (Wildman–Crippen LogP) is 0.991. The van der Waals surface area contributed by atoms with E-state index < -0.39 is 9.84 Å². The third-order valence-corrected chi connectivity index (χ3v) is 3.56. The van der Waals surface area contributed by atoms with Crippen molar-refractivity contribution in [2.45, 2.75) is 6.04 Å². The Hall–Kier alpha value is -1.49. The van der Waals surface area contributed by atoms with Gasteiger partial charge in [0, 0.05) is 16.8 Å². The Kier molecular flexibility index (Phi) is 2.40. The van der Waals surface area contributed by atoms with Crippen LogP contribution in [0.1, 0.15) is 0 Å². The van der Waals surface area contributed by atoms with Crippen molar-refractivity contribution in [3.63, 3.8) is 0 Å². The van der Waals surface area contributed by atoms with E-state index in [0.717, 1.165) is 5.69 Å². The summed E-state index contributed by atoms with van der Waals surface area (Å²) in [5.74, 6) is 0.113. The average molecular weight is 224 g/mol. The van der Waals surface area contributed by atoms with E-state index in [4.69, 9.17) is 5.73 Å². The number of nitrogens with one attached hydrogen (secondary N) is 1. The molecule has 1 unspecified atom stereocenters. The lowest BCUT2D eigenvalue weighted by Gasteiger charge is -2.11. The Bertz CT molecular complexity index is 494. The molecule has 1 heterocycles. The van der Waals surface area contributed by atoms with Crippen LogP contribution >= 0.6 is 0 Å². The molecule has 1 aromatic rings. The third kappa shape index (κ3) is 2.50. The van der Waals surface area contributed by atoms with Gasteiger partial charge in [-0.05, 0) is 18.2 Å². The Balaban J connectivity index is 2.09. The topological polar surface area (TPSA) is 72.2 Å². The zero-order valence-electron chi connectivity index (χ0n) is 8.05. The van der Waals surface area contributed by atoms with Crippen molar-refractivity contribution in [2.75, 3.05) is 16.8 Å². The Labute approximate surface area is 88.7 Å². The largest absolute Gasteiger partial charge is 0.399 e. The van der Waals surface area contributed by atoms with Gasteiger partial charge in [0.15, 0.2) is 9.84 Å². The highest BCUT2D eigenvalue weighted by Crippen LogP contribution is 2.17. The molecule has 4 nitrogen and oxygen atoms in total. The van der Waals surface area contributed by atoms with E-state index in [1.165, 1.54) is 5.41 Å². The molecular formula is C10H12N2O2S. The van der Waals surface area contributed by atoms with E-state index in [9.17, 15) is 8.42 Å². The minimum absolute atomic E-state index is 0.113. The molecule has 2 rings (SSSR count). The van der Waals surface area contributed by atoms with Gasteiger partial charge in [-0.1, -0.05) is 12.1 Å². The van der Waals surface area contributed by atoms with Gasteiger partial charge in [0.05, 0.1) is 11.8 Å². The number of nitrogens with two attached hydrogens (primary N) is 1. The van der Waals surface area contributed by atoms with Gasteiger partial charge in [-0.15, -0.1) is 0 Å². The van der Waals surface area contributed by atoms with Crippen LogP contribution in [0.4, 0.5) is 11.4 Å². The van der Waals surface area contributed by atoms with Crippen LogP contribution in [-0.4, -0.2) is 20.2 Å². The molecule has 15 heavy (non-hydrogen) atoms. The van der Waals surface area contributed by atoms with Crippen LogP contribution in [0.5, 0.6) is 0 Å². The van der Waals surface area contributed by atoms with Crippen LogP contribution in [0.3, 0.4) is 0 Å². The third-order valence-electron chi connectivity index (χ3n) is 2.17. The Morgan fingerprint density at radius 1 is 1.40 bits per heavy atom. The van der Waals surface area contributed by atoms with E-state index in [0.29, 0.717) is 5.69 Å². The average Bonchev–Trinajstić information content (AvgIpc) is 2.45. The van der Waals surface area contributed by atoms with Gasteiger partial charge in [-0.3, -0.25) is 0 Å². The minimum Gasteiger partial charge on any atom is -0.399 e. The molecule has 80 valence electrons. The van der Waals surface area contributed by atoms with Crippen LogP contribution in [0.15, 0.2) is 35.7 Å². The normalized spacial score (nSPS) is 22.8. The van der Waals surface area contributed by atoms with E-state index in [1.54, 1.807) is 18.2 Å². The van der Waals surface area contributed by atoms with Gasteiger partial charge in [0.1, 0.15) is 0 Å². The predicted molar refractivity (Wildman–Crippen MR) is 61.2 cm³/mol. The highest BCUT2D eigenvalue weighted by atomic mass is 32.2. The summed E-state index contributed by atoms with van der Waals surface area (Å²) in [5, 5.41) is 4.34. The summed E-state index contributed by atoms with van der Waals surface area (Å²) >= 11 is 0. The number of anilines is 2. The van der Waals surface area contributed by atoms with Crippen LogP contribution < -0.4 is 11.1 Å². The number of hydrogen-bond donors (Lipinski definition) is 2. The van der Waals surface area contributed by atoms with Crippen molar-refractivity contribution in [3.05, 3.63) is 35.7 Å². The SMILES string of the molecule is Nc1cccc(NC2C=CS(=O)(=O)C2)c1. The van der Waals surface area contributed by atoms with Crippen molar-refractivity contribution >= 4 is 21.2 Å². The van der Waals surface area contributed by atoms with E-state index in [-0.39, 0.29) is 11.8 Å². The van der Waals surface area contributed by atoms with Crippen LogP contribution in [0, 0.1) is 0 Å². The number of rotatable bonds is 2. The first-order valence-corrected chi connectivity index (χ1v) is 6.30. The molecule has 0 amide bonds. The molecule has 0 aliphatic carbocycles. The second-order valence-corrected chi connectivity index (χ2v) is 5.47. The fraction of sp³-hybridized carbons (Fsp3) is 0.200. The molecule has 0 fully saturated rings. The van der Waals surface area contributed by atoms with Gasteiger partial charge < -0.3 is 11.1 Å². The zero-order chi connectivity index (χ0) is 10.9. The van der Waals surface area contributed by atoms with E-state index >= 15 is 0 Å². The van der Waals surface area contributed by atoms with Gasteiger partial charge in [0.25, 0.3) is 0 Å². The summed E-state index contributed by atoms with van der Waals surface area (Å²) in [6.45, 7) is 0. The van der Waals surface area contributed by atoms with Gasteiger partial charge >= 0.3 is 0 Å². The molecule has 3 N–H and O–H groups in total. The maximum Gasteiger partial charge on any atom is 0.173 e. The first-order valence-electron chi connectivity index (χ1n) is 4.58. The summed E-state index contributed by atoms with van der Waals surface area (Å²) in [6.07, 6.45) is 1.65.